The number of carboxylic acids is 1. The highest BCUT2D eigenvalue weighted by Crippen LogP contribution is 2.37. The van der Waals surface area contributed by atoms with E-state index in [1.54, 1.807) is 18.4 Å². The van der Waals surface area contributed by atoms with Gasteiger partial charge in [0.2, 0.25) is 0 Å². The summed E-state index contributed by atoms with van der Waals surface area (Å²) in [6.45, 7) is 3.65. The second kappa shape index (κ2) is 7.36. The van der Waals surface area contributed by atoms with Gasteiger partial charge in [-0.25, -0.2) is 0 Å². The maximum atomic E-state index is 11.5. The van der Waals surface area contributed by atoms with E-state index in [0.29, 0.717) is 6.54 Å². The highest BCUT2D eigenvalue weighted by molar-refractivity contribution is 7.10. The standard InChI is InChI=1S/C19H23NO3S/c1-13-9-11-24-18(13)17(14-5-7-16(23-2)8-6-14)20-10-3-4-15(12-20)19(21)22/h5-9,11,15,17H,3-4,10,12H2,1-2H3,(H,21,22). The summed E-state index contributed by atoms with van der Waals surface area (Å²) in [5.41, 5.74) is 2.45. The van der Waals surface area contributed by atoms with Gasteiger partial charge in [-0.2, -0.15) is 0 Å². The van der Waals surface area contributed by atoms with Crippen LogP contribution in [0.25, 0.3) is 0 Å². The number of carboxylic acid groups (broad SMARTS) is 1. The number of carbonyl (C=O) groups is 1. The third-order valence-corrected chi connectivity index (χ3v) is 5.82. The number of aryl methyl sites for hydroxylation is 1. The maximum absolute atomic E-state index is 11.5. The van der Waals surface area contributed by atoms with E-state index in [4.69, 9.17) is 4.74 Å². The minimum atomic E-state index is -0.684. The maximum Gasteiger partial charge on any atom is 0.307 e. The zero-order valence-corrected chi connectivity index (χ0v) is 14.9. The summed E-state index contributed by atoms with van der Waals surface area (Å²) in [7, 11) is 1.66. The molecule has 1 saturated heterocycles. The molecule has 3 rings (SSSR count). The summed E-state index contributed by atoms with van der Waals surface area (Å²) in [4.78, 5) is 15.1. The summed E-state index contributed by atoms with van der Waals surface area (Å²) in [6, 6.07) is 10.4. The minimum Gasteiger partial charge on any atom is -0.497 e. The molecule has 2 unspecified atom stereocenters. The number of piperidine rings is 1. The van der Waals surface area contributed by atoms with Crippen LogP contribution in [0.1, 0.15) is 34.9 Å². The molecule has 0 amide bonds. The van der Waals surface area contributed by atoms with Crippen molar-refractivity contribution in [3.63, 3.8) is 0 Å². The van der Waals surface area contributed by atoms with Crippen molar-refractivity contribution in [3.05, 3.63) is 51.7 Å². The van der Waals surface area contributed by atoms with Crippen molar-refractivity contribution in [1.29, 1.82) is 0 Å². The predicted molar refractivity (Wildman–Crippen MR) is 95.8 cm³/mol. The Morgan fingerprint density at radius 1 is 1.33 bits per heavy atom. The number of benzene rings is 1. The smallest absolute Gasteiger partial charge is 0.307 e. The van der Waals surface area contributed by atoms with Gasteiger partial charge in [0.1, 0.15) is 5.75 Å². The van der Waals surface area contributed by atoms with Crippen LogP contribution >= 0.6 is 11.3 Å². The molecule has 1 aromatic heterocycles. The van der Waals surface area contributed by atoms with E-state index in [2.05, 4.69) is 35.4 Å². The molecule has 1 aromatic carbocycles. The fourth-order valence-corrected chi connectivity index (χ4v) is 4.51. The molecule has 0 bridgehead atoms. The molecular formula is C19H23NO3S. The van der Waals surface area contributed by atoms with Crippen molar-refractivity contribution < 1.29 is 14.6 Å². The topological polar surface area (TPSA) is 49.8 Å². The average Bonchev–Trinajstić information content (AvgIpc) is 3.02. The number of thiophene rings is 1. The summed E-state index contributed by atoms with van der Waals surface area (Å²) < 4.78 is 5.27. The van der Waals surface area contributed by atoms with Crippen LogP contribution in [-0.4, -0.2) is 36.2 Å². The molecular weight excluding hydrogens is 322 g/mol. The molecule has 2 aromatic rings. The molecule has 1 aliphatic heterocycles. The number of likely N-dealkylation sites (tertiary alicyclic amines) is 1. The highest BCUT2D eigenvalue weighted by atomic mass is 32.1. The Kier molecular flexibility index (Phi) is 5.21. The third-order valence-electron chi connectivity index (χ3n) is 4.75. The van der Waals surface area contributed by atoms with Gasteiger partial charge >= 0.3 is 5.97 Å². The van der Waals surface area contributed by atoms with Crippen LogP contribution in [0.15, 0.2) is 35.7 Å². The van der Waals surface area contributed by atoms with Crippen LogP contribution in [0, 0.1) is 12.8 Å². The quantitative estimate of drug-likeness (QED) is 0.891. The Bertz CT molecular complexity index is 695. The first-order chi connectivity index (χ1) is 11.6. The molecule has 1 fully saturated rings. The van der Waals surface area contributed by atoms with E-state index >= 15 is 0 Å². The first-order valence-electron chi connectivity index (χ1n) is 8.25. The van der Waals surface area contributed by atoms with Crippen molar-refractivity contribution >= 4 is 17.3 Å². The number of methoxy groups -OCH3 is 1. The van der Waals surface area contributed by atoms with Crippen LogP contribution < -0.4 is 4.74 Å². The van der Waals surface area contributed by atoms with Crippen LogP contribution in [0.5, 0.6) is 5.75 Å². The SMILES string of the molecule is COc1ccc(C(c2sccc2C)N2CCCC(C(=O)O)C2)cc1. The molecule has 1 N–H and O–H groups in total. The number of ether oxygens (including phenoxy) is 1. The van der Waals surface area contributed by atoms with Gasteiger partial charge in [0, 0.05) is 11.4 Å². The molecule has 24 heavy (non-hydrogen) atoms. The normalized spacial score (nSPS) is 19.8. The van der Waals surface area contributed by atoms with Crippen LogP contribution in [0.2, 0.25) is 0 Å². The lowest BCUT2D eigenvalue weighted by atomic mass is 9.93. The summed E-state index contributed by atoms with van der Waals surface area (Å²) in [5, 5.41) is 11.5. The number of nitrogens with zero attached hydrogens (tertiary/aromatic N) is 1. The second-order valence-corrected chi connectivity index (χ2v) is 7.26. The molecule has 5 heteroatoms. The molecule has 128 valence electrons. The Morgan fingerprint density at radius 3 is 2.67 bits per heavy atom. The number of hydrogen-bond donors (Lipinski definition) is 1. The van der Waals surface area contributed by atoms with E-state index in [9.17, 15) is 9.90 Å². The van der Waals surface area contributed by atoms with Gasteiger partial charge in [0.15, 0.2) is 0 Å². The van der Waals surface area contributed by atoms with Gasteiger partial charge in [-0.05, 0) is 61.0 Å². The molecule has 0 spiro atoms. The van der Waals surface area contributed by atoms with E-state index in [1.165, 1.54) is 16.0 Å². The Labute approximate surface area is 146 Å². The lowest BCUT2D eigenvalue weighted by Gasteiger charge is -2.37. The number of aliphatic carboxylic acids is 1. The highest BCUT2D eigenvalue weighted by Gasteiger charge is 2.32. The van der Waals surface area contributed by atoms with Gasteiger partial charge in [0.25, 0.3) is 0 Å². The Hall–Kier alpha value is -1.85. The summed E-state index contributed by atoms with van der Waals surface area (Å²) in [6.07, 6.45) is 1.69. The van der Waals surface area contributed by atoms with Crippen molar-refractivity contribution in [2.24, 2.45) is 5.92 Å². The predicted octanol–water partition coefficient (Wildman–Crippen LogP) is 3.95. The Morgan fingerprint density at radius 2 is 2.08 bits per heavy atom. The van der Waals surface area contributed by atoms with Crippen LogP contribution in [-0.2, 0) is 4.79 Å². The number of hydrogen-bond acceptors (Lipinski definition) is 4. The van der Waals surface area contributed by atoms with Gasteiger partial charge in [-0.3, -0.25) is 9.69 Å². The third kappa shape index (κ3) is 3.47. The largest absolute Gasteiger partial charge is 0.497 e. The number of rotatable bonds is 5. The lowest BCUT2D eigenvalue weighted by Crippen LogP contribution is -2.41. The minimum absolute atomic E-state index is 0.109. The summed E-state index contributed by atoms with van der Waals surface area (Å²) >= 11 is 1.75. The second-order valence-electron chi connectivity index (χ2n) is 6.32. The molecule has 0 aliphatic carbocycles. The van der Waals surface area contributed by atoms with Gasteiger partial charge < -0.3 is 9.84 Å². The molecule has 2 atom stereocenters. The van der Waals surface area contributed by atoms with E-state index < -0.39 is 5.97 Å². The molecule has 0 saturated carbocycles. The van der Waals surface area contributed by atoms with Gasteiger partial charge in [0.05, 0.1) is 19.1 Å². The molecule has 0 radical (unpaired) electrons. The van der Waals surface area contributed by atoms with E-state index in [-0.39, 0.29) is 12.0 Å². The molecule has 2 heterocycles. The zero-order valence-electron chi connectivity index (χ0n) is 14.1. The molecule has 4 nitrogen and oxygen atoms in total. The summed E-state index contributed by atoms with van der Waals surface area (Å²) in [5.74, 6) is -0.127. The van der Waals surface area contributed by atoms with Crippen molar-refractivity contribution in [2.75, 3.05) is 20.2 Å². The van der Waals surface area contributed by atoms with Crippen LogP contribution in [0.4, 0.5) is 0 Å². The van der Waals surface area contributed by atoms with Crippen molar-refractivity contribution in [3.8, 4) is 5.75 Å². The first kappa shape index (κ1) is 17.0. The Balaban J connectivity index is 1.95. The monoisotopic (exact) mass is 345 g/mol. The fraction of sp³-hybridized carbons (Fsp3) is 0.421. The zero-order chi connectivity index (χ0) is 17.1. The van der Waals surface area contributed by atoms with E-state index in [1.807, 2.05) is 12.1 Å². The van der Waals surface area contributed by atoms with E-state index in [0.717, 1.165) is 25.1 Å². The molecule has 1 aliphatic rings. The van der Waals surface area contributed by atoms with Gasteiger partial charge in [-0.15, -0.1) is 11.3 Å². The average molecular weight is 345 g/mol. The van der Waals surface area contributed by atoms with Crippen molar-refractivity contribution in [1.82, 2.24) is 4.90 Å². The first-order valence-corrected chi connectivity index (χ1v) is 9.13. The van der Waals surface area contributed by atoms with Gasteiger partial charge in [-0.1, -0.05) is 12.1 Å². The lowest BCUT2D eigenvalue weighted by molar-refractivity contribution is -0.143. The van der Waals surface area contributed by atoms with Crippen molar-refractivity contribution in [2.45, 2.75) is 25.8 Å². The fourth-order valence-electron chi connectivity index (χ4n) is 3.42. The van der Waals surface area contributed by atoms with Crippen LogP contribution in [0.3, 0.4) is 0 Å².